The third kappa shape index (κ3) is 3.98. The molecule has 0 saturated carbocycles. The number of esters is 1. The molecule has 1 aliphatic rings. The summed E-state index contributed by atoms with van der Waals surface area (Å²) in [5, 5.41) is 2.66. The largest absolute Gasteiger partial charge is 0.465 e. The van der Waals surface area contributed by atoms with Crippen LogP contribution in [0.5, 0.6) is 0 Å². The van der Waals surface area contributed by atoms with Gasteiger partial charge in [-0.3, -0.25) is 0 Å². The number of urea groups is 1. The molecule has 2 rings (SSSR count). The second-order valence-corrected chi connectivity index (χ2v) is 5.71. The molecule has 1 aliphatic heterocycles. The molecule has 0 aliphatic carbocycles. The number of nitrogens with zero attached hydrogens (tertiary/aromatic N) is 1. The Morgan fingerprint density at radius 3 is 2.48 bits per heavy atom. The number of amides is 2. The van der Waals surface area contributed by atoms with E-state index in [2.05, 4.69) is 10.1 Å². The van der Waals surface area contributed by atoms with Crippen molar-refractivity contribution in [3.8, 4) is 0 Å². The van der Waals surface area contributed by atoms with Gasteiger partial charge in [0.05, 0.1) is 24.9 Å². The number of carbonyl (C=O) groups is 2. The fourth-order valence-electron chi connectivity index (χ4n) is 2.58. The molecule has 126 valence electrons. The Morgan fingerprint density at radius 2 is 1.91 bits per heavy atom. The molecule has 0 unspecified atom stereocenters. The minimum Gasteiger partial charge on any atom is -0.465 e. The van der Waals surface area contributed by atoms with E-state index in [1.165, 1.54) is 20.1 Å². The third-order valence-corrected chi connectivity index (χ3v) is 3.71. The van der Waals surface area contributed by atoms with E-state index in [-0.39, 0.29) is 35.1 Å². The van der Waals surface area contributed by atoms with Crippen molar-refractivity contribution < 1.29 is 23.5 Å². The molecule has 2 atom stereocenters. The molecule has 0 spiro atoms. The van der Waals surface area contributed by atoms with E-state index in [0.29, 0.717) is 13.1 Å². The summed E-state index contributed by atoms with van der Waals surface area (Å²) >= 11 is 0. The fourth-order valence-corrected chi connectivity index (χ4v) is 2.58. The van der Waals surface area contributed by atoms with Crippen molar-refractivity contribution in [2.75, 3.05) is 25.5 Å². The number of rotatable bonds is 2. The number of benzene rings is 1. The average molecular weight is 324 g/mol. The highest BCUT2D eigenvalue weighted by Gasteiger charge is 2.26. The summed E-state index contributed by atoms with van der Waals surface area (Å²) in [5.41, 5.74) is 0.567. The van der Waals surface area contributed by atoms with Gasteiger partial charge in [-0.1, -0.05) is 0 Å². The molecule has 1 aromatic rings. The lowest BCUT2D eigenvalue weighted by Crippen LogP contribution is -2.49. The highest BCUT2D eigenvalue weighted by molar-refractivity contribution is 5.94. The Morgan fingerprint density at radius 1 is 1.30 bits per heavy atom. The highest BCUT2D eigenvalue weighted by atomic mass is 19.1. The first-order valence-electron chi connectivity index (χ1n) is 7.41. The van der Waals surface area contributed by atoms with Crippen LogP contribution in [0.15, 0.2) is 12.1 Å². The molecule has 1 N–H and O–H groups in total. The van der Waals surface area contributed by atoms with Crippen LogP contribution in [0.25, 0.3) is 0 Å². The van der Waals surface area contributed by atoms with E-state index in [1.54, 1.807) is 4.90 Å². The van der Waals surface area contributed by atoms with Gasteiger partial charge in [-0.15, -0.1) is 0 Å². The summed E-state index contributed by atoms with van der Waals surface area (Å²) in [6.45, 7) is 6.22. The van der Waals surface area contributed by atoms with Crippen LogP contribution in [0.4, 0.5) is 14.9 Å². The van der Waals surface area contributed by atoms with Crippen molar-refractivity contribution in [2.24, 2.45) is 0 Å². The molecule has 23 heavy (non-hydrogen) atoms. The van der Waals surface area contributed by atoms with E-state index in [0.717, 1.165) is 6.07 Å². The van der Waals surface area contributed by atoms with Crippen molar-refractivity contribution >= 4 is 17.7 Å². The Labute approximate surface area is 134 Å². The Bertz CT molecular complexity index is 610. The minimum absolute atomic E-state index is 0.0506. The molecule has 0 bridgehead atoms. The minimum atomic E-state index is -0.659. The van der Waals surface area contributed by atoms with Gasteiger partial charge in [0.25, 0.3) is 0 Å². The second kappa shape index (κ2) is 6.95. The third-order valence-electron chi connectivity index (χ3n) is 3.71. The van der Waals surface area contributed by atoms with Crippen molar-refractivity contribution in [1.29, 1.82) is 0 Å². The van der Waals surface area contributed by atoms with Crippen LogP contribution in [0.2, 0.25) is 0 Å². The van der Waals surface area contributed by atoms with Crippen LogP contribution < -0.4 is 5.32 Å². The molecule has 1 fully saturated rings. The van der Waals surface area contributed by atoms with Crippen LogP contribution in [-0.2, 0) is 9.47 Å². The van der Waals surface area contributed by atoms with Crippen LogP contribution >= 0.6 is 0 Å². The van der Waals surface area contributed by atoms with Gasteiger partial charge in [-0.05, 0) is 32.9 Å². The first kappa shape index (κ1) is 17.2. The predicted octanol–water partition coefficient (Wildman–Crippen LogP) is 2.56. The van der Waals surface area contributed by atoms with E-state index in [4.69, 9.17) is 4.74 Å². The predicted molar refractivity (Wildman–Crippen MR) is 83.1 cm³/mol. The van der Waals surface area contributed by atoms with Gasteiger partial charge in [-0.25, -0.2) is 14.0 Å². The highest BCUT2D eigenvalue weighted by Crippen LogP contribution is 2.22. The van der Waals surface area contributed by atoms with E-state index < -0.39 is 11.8 Å². The monoisotopic (exact) mass is 324 g/mol. The molecule has 6 nitrogen and oxygen atoms in total. The number of hydrogen-bond acceptors (Lipinski definition) is 4. The molecule has 0 aromatic heterocycles. The first-order chi connectivity index (χ1) is 10.8. The fraction of sp³-hybridized carbons (Fsp3) is 0.500. The lowest BCUT2D eigenvalue weighted by Gasteiger charge is -2.35. The van der Waals surface area contributed by atoms with Gasteiger partial charge < -0.3 is 19.7 Å². The molecular formula is C16H21FN2O4. The van der Waals surface area contributed by atoms with Crippen molar-refractivity contribution in [3.05, 3.63) is 29.1 Å². The zero-order chi connectivity index (χ0) is 17.1. The van der Waals surface area contributed by atoms with Gasteiger partial charge in [0, 0.05) is 24.3 Å². The molecular weight excluding hydrogens is 303 g/mol. The summed E-state index contributed by atoms with van der Waals surface area (Å²) in [6.07, 6.45) is -0.132. The summed E-state index contributed by atoms with van der Waals surface area (Å²) in [5.74, 6) is -1.24. The smallest absolute Gasteiger partial charge is 0.338 e. The lowest BCUT2D eigenvalue weighted by atomic mass is 10.1. The van der Waals surface area contributed by atoms with Crippen molar-refractivity contribution in [2.45, 2.75) is 33.0 Å². The van der Waals surface area contributed by atoms with Gasteiger partial charge in [0.2, 0.25) is 0 Å². The van der Waals surface area contributed by atoms with Crippen LogP contribution in [0.3, 0.4) is 0 Å². The van der Waals surface area contributed by atoms with Gasteiger partial charge in [0.1, 0.15) is 5.82 Å². The number of hydrogen-bond donors (Lipinski definition) is 1. The first-order valence-corrected chi connectivity index (χ1v) is 7.41. The number of methoxy groups -OCH3 is 1. The molecule has 2 amide bonds. The SMILES string of the molecule is COC(=O)c1cc(F)c(C)c(NC(=O)N2C[C@@H](C)O[C@@H](C)C2)c1. The van der Waals surface area contributed by atoms with Gasteiger partial charge >= 0.3 is 12.0 Å². The van der Waals surface area contributed by atoms with E-state index >= 15 is 0 Å². The summed E-state index contributed by atoms with van der Waals surface area (Å²) in [7, 11) is 1.22. The average Bonchev–Trinajstić information content (AvgIpc) is 2.49. The number of nitrogens with one attached hydrogen (secondary N) is 1. The Balaban J connectivity index is 2.20. The van der Waals surface area contributed by atoms with Crippen LogP contribution in [0, 0.1) is 12.7 Å². The summed E-state index contributed by atoms with van der Waals surface area (Å²) in [6, 6.07) is 2.15. The molecule has 1 heterocycles. The number of ether oxygens (including phenoxy) is 2. The maximum absolute atomic E-state index is 14.0. The molecule has 1 saturated heterocycles. The maximum atomic E-state index is 14.0. The Kier molecular flexibility index (Phi) is 5.20. The standard InChI is InChI=1S/C16H21FN2O4/c1-9-7-19(8-10(2)23-9)16(21)18-14-6-12(15(20)22-4)5-13(17)11(14)3/h5-6,9-10H,7-8H2,1-4H3,(H,18,21)/t9-,10+. The van der Waals surface area contributed by atoms with Crippen molar-refractivity contribution in [3.63, 3.8) is 0 Å². The quantitative estimate of drug-likeness (QED) is 0.849. The molecule has 1 aromatic carbocycles. The summed E-state index contributed by atoms with van der Waals surface area (Å²) in [4.78, 5) is 25.6. The Hall–Kier alpha value is -2.15. The van der Waals surface area contributed by atoms with Crippen LogP contribution in [-0.4, -0.2) is 49.3 Å². The lowest BCUT2D eigenvalue weighted by molar-refractivity contribution is -0.0530. The van der Waals surface area contributed by atoms with Crippen LogP contribution in [0.1, 0.15) is 29.8 Å². The van der Waals surface area contributed by atoms with E-state index in [9.17, 15) is 14.0 Å². The maximum Gasteiger partial charge on any atom is 0.338 e. The zero-order valence-corrected chi connectivity index (χ0v) is 13.7. The van der Waals surface area contributed by atoms with Gasteiger partial charge in [-0.2, -0.15) is 0 Å². The topological polar surface area (TPSA) is 67.9 Å². The van der Waals surface area contributed by atoms with E-state index in [1.807, 2.05) is 13.8 Å². The number of morpholine rings is 1. The number of carbonyl (C=O) groups excluding carboxylic acids is 2. The van der Waals surface area contributed by atoms with Gasteiger partial charge in [0.15, 0.2) is 0 Å². The normalized spacial score (nSPS) is 21.0. The second-order valence-electron chi connectivity index (χ2n) is 5.71. The summed E-state index contributed by atoms with van der Waals surface area (Å²) < 4.78 is 24.1. The van der Waals surface area contributed by atoms with Crippen molar-refractivity contribution in [1.82, 2.24) is 4.90 Å². The molecule has 7 heteroatoms. The number of anilines is 1. The number of halogens is 1. The molecule has 0 radical (unpaired) electrons. The zero-order valence-electron chi connectivity index (χ0n) is 13.7.